The first-order valence-corrected chi connectivity index (χ1v) is 5.83. The quantitative estimate of drug-likeness (QED) is 0.754. The van der Waals surface area contributed by atoms with Gasteiger partial charge in [-0.3, -0.25) is 4.79 Å². The Bertz CT molecular complexity index is 474. The Kier molecular flexibility index (Phi) is 5.93. The van der Waals surface area contributed by atoms with Crippen molar-refractivity contribution in [2.24, 2.45) is 5.73 Å². The molecule has 0 aromatic heterocycles. The fourth-order valence-electron chi connectivity index (χ4n) is 1.42. The van der Waals surface area contributed by atoms with Crippen LogP contribution in [0.3, 0.4) is 0 Å². The van der Waals surface area contributed by atoms with E-state index in [9.17, 15) is 4.79 Å². The van der Waals surface area contributed by atoms with E-state index in [1.54, 1.807) is 18.2 Å². The lowest BCUT2D eigenvalue weighted by molar-refractivity contribution is -0.122. The minimum atomic E-state index is -0.401. The Morgan fingerprint density at radius 1 is 1.58 bits per heavy atom. The number of methoxy groups -OCH3 is 1. The first-order chi connectivity index (χ1) is 9.12. The van der Waals surface area contributed by atoms with E-state index >= 15 is 0 Å². The summed E-state index contributed by atoms with van der Waals surface area (Å²) in [6.07, 6.45) is 0. The summed E-state index contributed by atoms with van der Waals surface area (Å²) < 4.78 is 10.5. The van der Waals surface area contributed by atoms with Crippen molar-refractivity contribution in [3.8, 4) is 17.6 Å². The molecule has 0 heterocycles. The summed E-state index contributed by atoms with van der Waals surface area (Å²) in [5.74, 6) is 0.379. The number of amides is 1. The summed E-state index contributed by atoms with van der Waals surface area (Å²) in [7, 11) is 1.47. The number of rotatable bonds is 6. The molecule has 0 atom stereocenters. The van der Waals surface area contributed by atoms with Crippen LogP contribution in [-0.2, 0) is 11.3 Å². The van der Waals surface area contributed by atoms with Crippen LogP contribution < -0.4 is 20.5 Å². The zero-order valence-corrected chi connectivity index (χ0v) is 11.2. The van der Waals surface area contributed by atoms with Gasteiger partial charge in [-0.15, -0.1) is 0 Å². The number of carbonyl (C=O) groups is 1. The van der Waals surface area contributed by atoms with Crippen molar-refractivity contribution in [2.45, 2.75) is 6.54 Å². The second-order valence-electron chi connectivity index (χ2n) is 3.52. The van der Waals surface area contributed by atoms with Gasteiger partial charge in [-0.25, -0.2) is 0 Å². The SMILES string of the molecule is COc1cc(Cl)cc(CN)c1OCC(=O)NCC#N. The molecular weight excluding hydrogens is 270 g/mol. The minimum Gasteiger partial charge on any atom is -0.493 e. The van der Waals surface area contributed by atoms with Crippen LogP contribution in [0.1, 0.15) is 5.56 Å². The van der Waals surface area contributed by atoms with Crippen LogP contribution in [0.2, 0.25) is 5.02 Å². The van der Waals surface area contributed by atoms with Gasteiger partial charge in [-0.05, 0) is 6.07 Å². The van der Waals surface area contributed by atoms with Gasteiger partial charge in [0.05, 0.1) is 13.2 Å². The predicted octanol–water partition coefficient (Wildman–Crippen LogP) is 0.826. The van der Waals surface area contributed by atoms with Gasteiger partial charge < -0.3 is 20.5 Å². The fraction of sp³-hybridized carbons (Fsp3) is 0.333. The standard InChI is InChI=1S/C12H14ClN3O3/c1-18-10-5-9(13)4-8(6-15)12(10)19-7-11(17)16-3-2-14/h4-5H,3,6-7,15H2,1H3,(H,16,17). The van der Waals surface area contributed by atoms with Gasteiger partial charge in [0.2, 0.25) is 0 Å². The summed E-state index contributed by atoms with van der Waals surface area (Å²) in [6.45, 7) is -0.0948. The number of benzene rings is 1. The molecule has 1 rings (SSSR count). The maximum Gasteiger partial charge on any atom is 0.258 e. The molecule has 0 spiro atoms. The molecule has 0 saturated carbocycles. The molecular formula is C12H14ClN3O3. The maximum absolute atomic E-state index is 11.4. The minimum absolute atomic E-state index is 0.0658. The molecule has 0 radical (unpaired) electrons. The van der Waals surface area contributed by atoms with Gasteiger partial charge in [-0.1, -0.05) is 11.6 Å². The molecule has 3 N–H and O–H groups in total. The lowest BCUT2D eigenvalue weighted by atomic mass is 10.2. The van der Waals surface area contributed by atoms with Crippen LogP contribution in [0.15, 0.2) is 12.1 Å². The Labute approximate surface area is 116 Å². The molecule has 0 fully saturated rings. The van der Waals surface area contributed by atoms with E-state index in [-0.39, 0.29) is 19.7 Å². The summed E-state index contributed by atoms with van der Waals surface area (Å²) in [4.78, 5) is 11.4. The number of nitrogens with one attached hydrogen (secondary N) is 1. The van der Waals surface area contributed by atoms with Crippen molar-refractivity contribution in [2.75, 3.05) is 20.3 Å². The third-order valence-electron chi connectivity index (χ3n) is 2.25. The monoisotopic (exact) mass is 283 g/mol. The molecule has 7 heteroatoms. The molecule has 0 saturated heterocycles. The van der Waals surface area contributed by atoms with Crippen molar-refractivity contribution < 1.29 is 14.3 Å². The topological polar surface area (TPSA) is 97.4 Å². The van der Waals surface area contributed by atoms with Crippen LogP contribution in [0, 0.1) is 11.3 Å². The number of halogens is 1. The molecule has 6 nitrogen and oxygen atoms in total. The number of nitrogens with zero attached hydrogens (tertiary/aromatic N) is 1. The second kappa shape index (κ2) is 7.46. The molecule has 1 amide bonds. The molecule has 19 heavy (non-hydrogen) atoms. The zero-order chi connectivity index (χ0) is 14.3. The second-order valence-corrected chi connectivity index (χ2v) is 3.96. The molecule has 102 valence electrons. The predicted molar refractivity (Wildman–Crippen MR) is 70.0 cm³/mol. The Balaban J connectivity index is 2.82. The molecule has 0 bridgehead atoms. The average Bonchev–Trinajstić information content (AvgIpc) is 2.42. The van der Waals surface area contributed by atoms with Crippen molar-refractivity contribution in [3.63, 3.8) is 0 Å². The summed E-state index contributed by atoms with van der Waals surface area (Å²) in [6, 6.07) is 5.02. The molecule has 1 aromatic rings. The van der Waals surface area contributed by atoms with Gasteiger partial charge in [0.25, 0.3) is 5.91 Å². The highest BCUT2D eigenvalue weighted by Crippen LogP contribution is 2.34. The zero-order valence-electron chi connectivity index (χ0n) is 10.4. The van der Waals surface area contributed by atoms with Crippen LogP contribution in [0.25, 0.3) is 0 Å². The van der Waals surface area contributed by atoms with E-state index in [1.807, 2.05) is 0 Å². The number of hydrogen-bond donors (Lipinski definition) is 2. The summed E-state index contributed by atoms with van der Waals surface area (Å²) in [5, 5.41) is 11.2. The normalized spacial score (nSPS) is 9.58. The van der Waals surface area contributed by atoms with E-state index in [0.29, 0.717) is 22.1 Å². The highest BCUT2D eigenvalue weighted by atomic mass is 35.5. The van der Waals surface area contributed by atoms with E-state index in [2.05, 4.69) is 5.32 Å². The molecule has 0 aliphatic carbocycles. The Morgan fingerprint density at radius 2 is 2.32 bits per heavy atom. The first-order valence-electron chi connectivity index (χ1n) is 5.45. The highest BCUT2D eigenvalue weighted by molar-refractivity contribution is 6.30. The van der Waals surface area contributed by atoms with Gasteiger partial charge in [0.15, 0.2) is 18.1 Å². The average molecular weight is 284 g/mol. The van der Waals surface area contributed by atoms with E-state index in [1.165, 1.54) is 7.11 Å². The lowest BCUT2D eigenvalue weighted by Gasteiger charge is -2.14. The van der Waals surface area contributed by atoms with Crippen LogP contribution >= 0.6 is 11.6 Å². The largest absolute Gasteiger partial charge is 0.493 e. The molecule has 1 aromatic carbocycles. The summed E-state index contributed by atoms with van der Waals surface area (Å²) in [5.41, 5.74) is 6.23. The number of carbonyl (C=O) groups excluding carboxylic acids is 1. The van der Waals surface area contributed by atoms with Crippen LogP contribution in [0.4, 0.5) is 0 Å². The number of nitrogens with two attached hydrogens (primary N) is 1. The lowest BCUT2D eigenvalue weighted by Crippen LogP contribution is -2.29. The van der Waals surface area contributed by atoms with Crippen LogP contribution in [-0.4, -0.2) is 26.2 Å². The van der Waals surface area contributed by atoms with E-state index in [0.717, 1.165) is 0 Å². The Hall–Kier alpha value is -1.97. The van der Waals surface area contributed by atoms with Gasteiger partial charge in [0, 0.05) is 23.2 Å². The first kappa shape index (κ1) is 15.1. The fourth-order valence-corrected chi connectivity index (χ4v) is 1.65. The molecule has 0 aliphatic rings. The van der Waals surface area contributed by atoms with Crippen molar-refractivity contribution in [3.05, 3.63) is 22.7 Å². The van der Waals surface area contributed by atoms with Gasteiger partial charge >= 0.3 is 0 Å². The van der Waals surface area contributed by atoms with Gasteiger partial charge in [0.1, 0.15) is 6.54 Å². The third kappa shape index (κ3) is 4.32. The Morgan fingerprint density at radius 3 is 2.89 bits per heavy atom. The van der Waals surface area contributed by atoms with Crippen LogP contribution in [0.5, 0.6) is 11.5 Å². The van der Waals surface area contributed by atoms with Crippen molar-refractivity contribution in [1.29, 1.82) is 5.26 Å². The van der Waals surface area contributed by atoms with Crippen molar-refractivity contribution >= 4 is 17.5 Å². The summed E-state index contributed by atoms with van der Waals surface area (Å²) >= 11 is 5.90. The molecule has 0 aliphatic heterocycles. The molecule has 0 unspecified atom stereocenters. The maximum atomic E-state index is 11.4. The number of hydrogen-bond acceptors (Lipinski definition) is 5. The third-order valence-corrected chi connectivity index (χ3v) is 2.47. The highest BCUT2D eigenvalue weighted by Gasteiger charge is 2.13. The van der Waals surface area contributed by atoms with E-state index < -0.39 is 5.91 Å². The number of ether oxygens (including phenoxy) is 2. The smallest absolute Gasteiger partial charge is 0.258 e. The van der Waals surface area contributed by atoms with E-state index in [4.69, 9.17) is 32.1 Å². The van der Waals surface area contributed by atoms with Crippen molar-refractivity contribution in [1.82, 2.24) is 5.32 Å². The van der Waals surface area contributed by atoms with Gasteiger partial charge in [-0.2, -0.15) is 5.26 Å². The number of nitriles is 1.